The predicted molar refractivity (Wildman–Crippen MR) is 131 cm³/mol. The van der Waals surface area contributed by atoms with E-state index in [1.807, 2.05) is 43.3 Å². The number of ether oxygens (including phenoxy) is 3. The molecule has 1 aliphatic heterocycles. The number of esters is 1. The first-order chi connectivity index (χ1) is 16.5. The fraction of sp³-hybridized carbons (Fsp3) is 0.259. The predicted octanol–water partition coefficient (Wildman–Crippen LogP) is 5.34. The summed E-state index contributed by atoms with van der Waals surface area (Å²) in [6.45, 7) is 7.03. The summed E-state index contributed by atoms with van der Waals surface area (Å²) in [6, 6.07) is 20.8. The number of fused-ring (bicyclic) bond motifs is 2. The first kappa shape index (κ1) is 21.8. The molecule has 0 amide bonds. The third kappa shape index (κ3) is 4.05. The van der Waals surface area contributed by atoms with E-state index in [9.17, 15) is 4.79 Å². The summed E-state index contributed by atoms with van der Waals surface area (Å²) in [5.41, 5.74) is 7.10. The van der Waals surface area contributed by atoms with Gasteiger partial charge in [-0.2, -0.15) is 4.98 Å². The minimum Gasteiger partial charge on any atom is -0.489 e. The summed E-state index contributed by atoms with van der Waals surface area (Å²) >= 11 is 0. The number of hydrogen-bond donors (Lipinski definition) is 1. The molecule has 0 fully saturated rings. The van der Waals surface area contributed by atoms with Crippen LogP contribution in [0.3, 0.4) is 0 Å². The molecule has 0 saturated heterocycles. The van der Waals surface area contributed by atoms with Crippen LogP contribution in [0.1, 0.15) is 36.6 Å². The summed E-state index contributed by atoms with van der Waals surface area (Å²) < 4.78 is 19.0. The van der Waals surface area contributed by atoms with E-state index in [4.69, 9.17) is 14.2 Å². The van der Waals surface area contributed by atoms with E-state index in [-0.39, 0.29) is 12.1 Å². The zero-order chi connectivity index (χ0) is 23.7. The van der Waals surface area contributed by atoms with Gasteiger partial charge in [-0.3, -0.25) is 9.36 Å². The number of nitrogens with one attached hydrogen (secondary N) is 1. The maximum absolute atomic E-state index is 11.3. The average molecular weight is 458 g/mol. The molecule has 34 heavy (non-hydrogen) atoms. The van der Waals surface area contributed by atoms with Crippen LogP contribution in [0.15, 0.2) is 60.7 Å². The Morgan fingerprint density at radius 1 is 1.18 bits per heavy atom. The van der Waals surface area contributed by atoms with Gasteiger partial charge in [-0.15, -0.1) is 0 Å². The highest BCUT2D eigenvalue weighted by Crippen LogP contribution is 2.37. The Bertz CT molecular complexity index is 1360. The number of benzene rings is 3. The molecule has 0 spiro atoms. The van der Waals surface area contributed by atoms with Crippen LogP contribution in [-0.2, 0) is 16.1 Å². The standard InChI is InChI=1S/C27H27N3O4/c1-4-32-27-29-22-9-5-6-10-24(22)30(27)23-11-7-8-19(17(23)2)15-28-20-12-13-21-25(14-20)33-16-26(21)34-18(3)31/h5-14,26,28H,4,15-16H2,1-3H3/t26-/m1/s1. The van der Waals surface area contributed by atoms with Gasteiger partial charge in [-0.1, -0.05) is 24.3 Å². The number of carbonyl (C=O) groups is 1. The molecule has 174 valence electrons. The molecule has 7 heteroatoms. The molecule has 1 aliphatic rings. The van der Waals surface area contributed by atoms with Gasteiger partial charge in [0.1, 0.15) is 12.4 Å². The molecule has 5 rings (SSSR count). The largest absolute Gasteiger partial charge is 0.489 e. The SMILES string of the molecule is CCOc1nc2ccccc2n1-c1cccc(CNc2ccc3c(c2)OC[C@H]3OC(C)=O)c1C. The van der Waals surface area contributed by atoms with Crippen LogP contribution in [0.5, 0.6) is 11.8 Å². The van der Waals surface area contributed by atoms with Crippen LogP contribution in [0.2, 0.25) is 0 Å². The molecule has 1 atom stereocenters. The first-order valence-electron chi connectivity index (χ1n) is 11.4. The summed E-state index contributed by atoms with van der Waals surface area (Å²) in [7, 11) is 0. The third-order valence-corrected chi connectivity index (χ3v) is 6.00. The van der Waals surface area contributed by atoms with E-state index in [1.54, 1.807) is 0 Å². The maximum Gasteiger partial charge on any atom is 0.303 e. The lowest BCUT2D eigenvalue weighted by atomic mass is 10.1. The number of anilines is 1. The fourth-order valence-corrected chi connectivity index (χ4v) is 4.35. The number of para-hydroxylation sites is 2. The zero-order valence-corrected chi connectivity index (χ0v) is 19.5. The Labute approximate surface area is 198 Å². The maximum atomic E-state index is 11.3. The van der Waals surface area contributed by atoms with Gasteiger partial charge in [0.05, 0.1) is 23.3 Å². The van der Waals surface area contributed by atoms with Crippen LogP contribution in [-0.4, -0.2) is 28.7 Å². The van der Waals surface area contributed by atoms with Crippen molar-refractivity contribution < 1.29 is 19.0 Å². The van der Waals surface area contributed by atoms with Gasteiger partial charge in [0.2, 0.25) is 0 Å². The molecule has 1 aromatic heterocycles. The molecular formula is C27H27N3O4. The van der Waals surface area contributed by atoms with Crippen LogP contribution in [0, 0.1) is 6.92 Å². The van der Waals surface area contributed by atoms with Gasteiger partial charge in [-0.25, -0.2) is 0 Å². The zero-order valence-electron chi connectivity index (χ0n) is 19.5. The Morgan fingerprint density at radius 3 is 2.85 bits per heavy atom. The van der Waals surface area contributed by atoms with Gasteiger partial charge in [-0.05, 0) is 55.3 Å². The monoisotopic (exact) mass is 457 g/mol. The molecule has 0 saturated carbocycles. The number of rotatable bonds is 7. The summed E-state index contributed by atoms with van der Waals surface area (Å²) in [5.74, 6) is 0.435. The van der Waals surface area contributed by atoms with Crippen LogP contribution in [0.25, 0.3) is 16.7 Å². The van der Waals surface area contributed by atoms with E-state index >= 15 is 0 Å². The second-order valence-electron chi connectivity index (χ2n) is 8.23. The topological polar surface area (TPSA) is 74.6 Å². The van der Waals surface area contributed by atoms with Crippen molar-refractivity contribution in [1.82, 2.24) is 9.55 Å². The molecule has 0 bridgehead atoms. The normalized spacial score (nSPS) is 14.5. The minimum atomic E-state index is -0.343. The molecule has 0 unspecified atom stereocenters. The third-order valence-electron chi connectivity index (χ3n) is 6.00. The molecule has 7 nitrogen and oxygen atoms in total. The van der Waals surface area contributed by atoms with Gasteiger partial charge in [0.25, 0.3) is 0 Å². The molecule has 2 heterocycles. The van der Waals surface area contributed by atoms with Gasteiger partial charge in [0.15, 0.2) is 6.10 Å². The Kier molecular flexibility index (Phi) is 5.84. The smallest absolute Gasteiger partial charge is 0.303 e. The van der Waals surface area contributed by atoms with E-state index in [0.717, 1.165) is 44.8 Å². The van der Waals surface area contributed by atoms with Crippen LogP contribution in [0.4, 0.5) is 5.69 Å². The van der Waals surface area contributed by atoms with Crippen molar-refractivity contribution in [3.8, 4) is 17.4 Å². The summed E-state index contributed by atoms with van der Waals surface area (Å²) in [4.78, 5) is 16.0. The highest BCUT2D eigenvalue weighted by molar-refractivity contribution is 5.79. The van der Waals surface area contributed by atoms with Crippen LogP contribution < -0.4 is 14.8 Å². The van der Waals surface area contributed by atoms with E-state index in [0.29, 0.717) is 25.8 Å². The number of imidazole rings is 1. The molecule has 0 aliphatic carbocycles. The lowest BCUT2D eigenvalue weighted by Gasteiger charge is -2.16. The number of aromatic nitrogens is 2. The lowest BCUT2D eigenvalue weighted by molar-refractivity contribution is -0.147. The van der Waals surface area contributed by atoms with E-state index in [2.05, 4.69) is 46.1 Å². The highest BCUT2D eigenvalue weighted by Gasteiger charge is 2.26. The number of nitrogens with zero attached hydrogens (tertiary/aromatic N) is 2. The second kappa shape index (κ2) is 9.09. The van der Waals surface area contributed by atoms with Crippen molar-refractivity contribution in [2.24, 2.45) is 0 Å². The van der Waals surface area contributed by atoms with Crippen molar-refractivity contribution >= 4 is 22.7 Å². The van der Waals surface area contributed by atoms with Crippen molar-refractivity contribution in [2.45, 2.75) is 33.4 Å². The van der Waals surface area contributed by atoms with Gasteiger partial charge < -0.3 is 19.5 Å². The highest BCUT2D eigenvalue weighted by atomic mass is 16.6. The molecular weight excluding hydrogens is 430 g/mol. The quantitative estimate of drug-likeness (QED) is 0.378. The summed E-state index contributed by atoms with van der Waals surface area (Å²) in [5, 5.41) is 3.49. The van der Waals surface area contributed by atoms with Gasteiger partial charge in [0, 0.05) is 30.8 Å². The molecule has 1 N–H and O–H groups in total. The Hall–Kier alpha value is -4.00. The Morgan fingerprint density at radius 2 is 2.03 bits per heavy atom. The van der Waals surface area contributed by atoms with Crippen molar-refractivity contribution in [3.63, 3.8) is 0 Å². The number of carbonyl (C=O) groups excluding carboxylic acids is 1. The fourth-order valence-electron chi connectivity index (χ4n) is 4.35. The second-order valence-corrected chi connectivity index (χ2v) is 8.23. The summed E-state index contributed by atoms with van der Waals surface area (Å²) in [6.07, 6.45) is -0.343. The van der Waals surface area contributed by atoms with Crippen molar-refractivity contribution in [1.29, 1.82) is 0 Å². The molecule has 4 aromatic rings. The van der Waals surface area contributed by atoms with E-state index < -0.39 is 0 Å². The molecule has 0 radical (unpaired) electrons. The Balaban J connectivity index is 1.40. The van der Waals surface area contributed by atoms with Crippen molar-refractivity contribution in [2.75, 3.05) is 18.5 Å². The lowest BCUT2D eigenvalue weighted by Crippen LogP contribution is -2.09. The minimum absolute atomic E-state index is 0.308. The number of hydrogen-bond acceptors (Lipinski definition) is 6. The average Bonchev–Trinajstić information content (AvgIpc) is 3.39. The van der Waals surface area contributed by atoms with Crippen molar-refractivity contribution in [3.05, 3.63) is 77.4 Å². The van der Waals surface area contributed by atoms with E-state index in [1.165, 1.54) is 6.92 Å². The molecule has 3 aromatic carbocycles. The van der Waals surface area contributed by atoms with Crippen LogP contribution >= 0.6 is 0 Å². The van der Waals surface area contributed by atoms with Gasteiger partial charge >= 0.3 is 12.0 Å². The first-order valence-corrected chi connectivity index (χ1v) is 11.4.